The summed E-state index contributed by atoms with van der Waals surface area (Å²) in [6.45, 7) is 1.37. The molecule has 4 rings (SSSR count). The van der Waals surface area contributed by atoms with Crippen molar-refractivity contribution in [1.82, 2.24) is 39.0 Å². The van der Waals surface area contributed by atoms with Crippen LogP contribution < -0.4 is 22.6 Å². The van der Waals surface area contributed by atoms with E-state index in [0.29, 0.717) is 35.4 Å². The molecule has 0 radical (unpaired) electrons. The fraction of sp³-hybridized carbons (Fsp3) is 0.364. The van der Waals surface area contributed by atoms with Crippen LogP contribution in [0.25, 0.3) is 22.3 Å². The standard InChI is InChI=1S/C22H24N10O2/c23-21-27-17-15(19(33)29-21)25-13-31(17)11-9-7-5-3-1-2-4-6-8-10-12-32-14-26-16-18(32)28-22(24)30-20(16)34/h13-14H,5-12H2,(H3,23,27,29,33)(H3,24,28,30,34). The van der Waals surface area contributed by atoms with Crippen LogP contribution in [0.15, 0.2) is 22.2 Å². The third kappa shape index (κ3) is 5.24. The van der Waals surface area contributed by atoms with Gasteiger partial charge in [-0.15, -0.1) is 0 Å². The Morgan fingerprint density at radius 3 is 1.62 bits per heavy atom. The first-order valence-corrected chi connectivity index (χ1v) is 10.9. The van der Waals surface area contributed by atoms with Crippen LogP contribution in [0.1, 0.15) is 38.5 Å². The van der Waals surface area contributed by atoms with E-state index in [2.05, 4.69) is 53.6 Å². The maximum absolute atomic E-state index is 11.8. The number of H-pyrrole nitrogens is 2. The molecule has 12 heteroatoms. The summed E-state index contributed by atoms with van der Waals surface area (Å²) < 4.78 is 3.65. The van der Waals surface area contributed by atoms with Gasteiger partial charge in [-0.3, -0.25) is 19.6 Å². The molecule has 0 bridgehead atoms. The van der Waals surface area contributed by atoms with Crippen LogP contribution in [0, 0.1) is 23.7 Å². The number of rotatable bonds is 8. The van der Waals surface area contributed by atoms with E-state index in [9.17, 15) is 9.59 Å². The van der Waals surface area contributed by atoms with Gasteiger partial charge in [0.1, 0.15) is 0 Å². The van der Waals surface area contributed by atoms with E-state index >= 15 is 0 Å². The van der Waals surface area contributed by atoms with Gasteiger partial charge in [0.05, 0.1) is 12.7 Å². The Morgan fingerprint density at radius 1 is 0.735 bits per heavy atom. The van der Waals surface area contributed by atoms with Gasteiger partial charge in [-0.05, 0) is 37.5 Å². The Kier molecular flexibility index (Phi) is 6.89. The zero-order valence-electron chi connectivity index (χ0n) is 18.5. The Hall–Kier alpha value is -4.58. The molecule has 4 heterocycles. The monoisotopic (exact) mass is 460 g/mol. The number of nitrogens with one attached hydrogen (secondary N) is 2. The maximum Gasteiger partial charge on any atom is 0.280 e. The lowest BCUT2D eigenvalue weighted by Gasteiger charge is -2.02. The summed E-state index contributed by atoms with van der Waals surface area (Å²) in [4.78, 5) is 44.9. The van der Waals surface area contributed by atoms with Gasteiger partial charge in [0.25, 0.3) is 11.1 Å². The average molecular weight is 461 g/mol. The van der Waals surface area contributed by atoms with Crippen LogP contribution in [-0.2, 0) is 13.1 Å². The van der Waals surface area contributed by atoms with Crippen molar-refractivity contribution >= 4 is 34.2 Å². The predicted octanol–water partition coefficient (Wildman–Crippen LogP) is 0.765. The Labute approximate surface area is 193 Å². The number of aromatic nitrogens is 8. The molecule has 0 aromatic carbocycles. The minimum Gasteiger partial charge on any atom is -0.369 e. The minimum absolute atomic E-state index is 0.0812. The molecule has 12 nitrogen and oxygen atoms in total. The third-order valence-corrected chi connectivity index (χ3v) is 5.13. The summed E-state index contributed by atoms with van der Waals surface area (Å²) in [5.74, 6) is 12.0. The fourth-order valence-corrected chi connectivity index (χ4v) is 3.47. The van der Waals surface area contributed by atoms with Crippen LogP contribution >= 0.6 is 0 Å². The summed E-state index contributed by atoms with van der Waals surface area (Å²) in [5.41, 5.74) is 12.1. The molecule has 34 heavy (non-hydrogen) atoms. The van der Waals surface area contributed by atoms with E-state index in [1.807, 2.05) is 9.13 Å². The Morgan fingerprint density at radius 2 is 1.18 bits per heavy atom. The van der Waals surface area contributed by atoms with Crippen molar-refractivity contribution in [2.45, 2.75) is 51.6 Å². The SMILES string of the molecule is Nc1nc2c(ncn2CCCCC#CC#CCCCCn2cnc3c(=O)[nH]c(N)nc32)c(=O)[nH]1. The lowest BCUT2D eigenvalue weighted by molar-refractivity contribution is 0.626. The first-order valence-electron chi connectivity index (χ1n) is 10.9. The van der Waals surface area contributed by atoms with Crippen LogP contribution in [0.3, 0.4) is 0 Å². The van der Waals surface area contributed by atoms with Crippen LogP contribution in [0.2, 0.25) is 0 Å². The first-order chi connectivity index (χ1) is 16.5. The molecule has 0 unspecified atom stereocenters. The summed E-state index contributed by atoms with van der Waals surface area (Å²) in [5, 5.41) is 0. The van der Waals surface area contributed by atoms with Gasteiger partial charge >= 0.3 is 0 Å². The highest BCUT2D eigenvalue weighted by Gasteiger charge is 2.09. The molecule has 0 fully saturated rings. The molecule has 0 atom stereocenters. The molecule has 4 aromatic rings. The second kappa shape index (κ2) is 10.4. The average Bonchev–Trinajstić information content (AvgIpc) is 3.39. The number of nitrogens with two attached hydrogens (primary N) is 2. The van der Waals surface area contributed by atoms with Crippen molar-refractivity contribution < 1.29 is 0 Å². The van der Waals surface area contributed by atoms with Gasteiger partial charge in [-0.25, -0.2) is 9.97 Å². The normalized spacial score (nSPS) is 10.7. The van der Waals surface area contributed by atoms with Crippen molar-refractivity contribution in [3.05, 3.63) is 33.4 Å². The second-order valence-electron chi connectivity index (χ2n) is 7.64. The number of fused-ring (bicyclic) bond motifs is 2. The number of anilines is 2. The highest BCUT2D eigenvalue weighted by molar-refractivity contribution is 5.71. The van der Waals surface area contributed by atoms with Crippen LogP contribution in [0.5, 0.6) is 0 Å². The Bertz CT molecular complexity index is 1430. The van der Waals surface area contributed by atoms with Crippen molar-refractivity contribution in [3.63, 3.8) is 0 Å². The van der Waals surface area contributed by atoms with Crippen LogP contribution in [-0.4, -0.2) is 39.0 Å². The molecule has 0 aliphatic rings. The van der Waals surface area contributed by atoms with Gasteiger partial charge in [-0.2, -0.15) is 9.97 Å². The highest BCUT2D eigenvalue weighted by atomic mass is 16.1. The second-order valence-corrected chi connectivity index (χ2v) is 7.64. The molecule has 4 aromatic heterocycles. The van der Waals surface area contributed by atoms with E-state index in [1.165, 1.54) is 0 Å². The summed E-state index contributed by atoms with van der Waals surface area (Å²) in [6.07, 6.45) is 8.21. The molecular formula is C22H24N10O2. The minimum atomic E-state index is -0.334. The molecule has 0 spiro atoms. The van der Waals surface area contributed by atoms with Gasteiger partial charge in [0.2, 0.25) is 11.9 Å². The van der Waals surface area contributed by atoms with Gasteiger partial charge < -0.3 is 20.6 Å². The van der Waals surface area contributed by atoms with E-state index in [1.54, 1.807) is 12.7 Å². The molecule has 0 saturated heterocycles. The molecular weight excluding hydrogens is 436 g/mol. The summed E-state index contributed by atoms with van der Waals surface area (Å²) in [7, 11) is 0. The van der Waals surface area contributed by atoms with Crippen LogP contribution in [0.4, 0.5) is 11.9 Å². The number of imidazole rings is 2. The molecule has 0 saturated carbocycles. The lowest BCUT2D eigenvalue weighted by Crippen LogP contribution is -2.12. The van der Waals surface area contributed by atoms with Gasteiger partial charge in [-0.1, -0.05) is 11.8 Å². The van der Waals surface area contributed by atoms with Crippen molar-refractivity contribution in [1.29, 1.82) is 0 Å². The predicted molar refractivity (Wildman–Crippen MR) is 128 cm³/mol. The number of aromatic amines is 2. The smallest absolute Gasteiger partial charge is 0.280 e. The molecule has 174 valence electrons. The molecule has 0 amide bonds. The number of hydrogen-bond donors (Lipinski definition) is 4. The van der Waals surface area contributed by atoms with Crippen molar-refractivity contribution in [3.8, 4) is 23.7 Å². The molecule has 6 N–H and O–H groups in total. The Balaban J connectivity index is 1.14. The highest BCUT2D eigenvalue weighted by Crippen LogP contribution is 2.09. The fourth-order valence-electron chi connectivity index (χ4n) is 3.47. The summed E-state index contributed by atoms with van der Waals surface area (Å²) >= 11 is 0. The molecule has 0 aliphatic carbocycles. The number of nitrogens with zero attached hydrogens (tertiary/aromatic N) is 6. The number of nitrogen functional groups attached to an aromatic ring is 2. The third-order valence-electron chi connectivity index (χ3n) is 5.13. The van der Waals surface area contributed by atoms with Crippen molar-refractivity contribution in [2.24, 2.45) is 0 Å². The van der Waals surface area contributed by atoms with Gasteiger partial charge in [0, 0.05) is 25.9 Å². The van der Waals surface area contributed by atoms with E-state index < -0.39 is 0 Å². The zero-order valence-corrected chi connectivity index (χ0v) is 18.5. The number of unbranched alkanes of at least 4 members (excludes halogenated alkanes) is 4. The largest absolute Gasteiger partial charge is 0.369 e. The van der Waals surface area contributed by atoms with Crippen molar-refractivity contribution in [2.75, 3.05) is 11.5 Å². The van der Waals surface area contributed by atoms with E-state index in [0.717, 1.165) is 38.5 Å². The summed E-state index contributed by atoms with van der Waals surface area (Å²) in [6, 6.07) is 0. The maximum atomic E-state index is 11.8. The molecule has 0 aliphatic heterocycles. The first kappa shape index (κ1) is 22.6. The quantitative estimate of drug-likeness (QED) is 0.220. The number of hydrogen-bond acceptors (Lipinski definition) is 8. The topological polar surface area (TPSA) is 179 Å². The van der Waals surface area contributed by atoms with E-state index in [-0.39, 0.29) is 23.0 Å². The van der Waals surface area contributed by atoms with Gasteiger partial charge in [0.15, 0.2) is 22.3 Å². The lowest BCUT2D eigenvalue weighted by atomic mass is 10.2. The zero-order chi connectivity index (χ0) is 23.9. The van der Waals surface area contributed by atoms with E-state index in [4.69, 9.17) is 11.5 Å². The number of aryl methyl sites for hydroxylation is 2.